The van der Waals surface area contributed by atoms with E-state index < -0.39 is 0 Å². The van der Waals surface area contributed by atoms with Crippen LogP contribution in [0.3, 0.4) is 0 Å². The van der Waals surface area contributed by atoms with Gasteiger partial charge in [-0.2, -0.15) is 0 Å². The highest BCUT2D eigenvalue weighted by molar-refractivity contribution is 7.13. The van der Waals surface area contributed by atoms with Crippen molar-refractivity contribution in [2.24, 2.45) is 0 Å². The summed E-state index contributed by atoms with van der Waals surface area (Å²) in [6, 6.07) is 10.6. The third-order valence-electron chi connectivity index (χ3n) is 5.13. The first-order valence-corrected chi connectivity index (χ1v) is 10.0. The predicted molar refractivity (Wildman–Crippen MR) is 106 cm³/mol. The van der Waals surface area contributed by atoms with Gasteiger partial charge in [-0.1, -0.05) is 12.1 Å². The highest BCUT2D eigenvalue weighted by atomic mass is 32.1. The van der Waals surface area contributed by atoms with Crippen LogP contribution in [-0.4, -0.2) is 30.6 Å². The fourth-order valence-corrected chi connectivity index (χ4v) is 4.37. The number of rotatable bonds is 6. The van der Waals surface area contributed by atoms with Crippen LogP contribution in [-0.2, 0) is 6.54 Å². The Morgan fingerprint density at radius 2 is 2.07 bits per heavy atom. The molecule has 1 fully saturated rings. The minimum Gasteiger partial charge on any atom is -0.493 e. The Balaban J connectivity index is 1.56. The lowest BCUT2D eigenvalue weighted by molar-refractivity contribution is 0.243. The Morgan fingerprint density at radius 3 is 2.81 bits per heavy atom. The first kappa shape index (κ1) is 18.1. The molecule has 0 unspecified atom stereocenters. The Labute approximate surface area is 163 Å². The Morgan fingerprint density at radius 1 is 1.22 bits per heavy atom. The number of nitrogens with zero attached hydrogens (tertiary/aromatic N) is 2. The molecule has 1 atom stereocenters. The van der Waals surface area contributed by atoms with E-state index in [1.807, 2.05) is 30.5 Å². The quantitative estimate of drug-likeness (QED) is 0.594. The van der Waals surface area contributed by atoms with Crippen molar-refractivity contribution in [3.8, 4) is 22.3 Å². The first-order valence-electron chi connectivity index (χ1n) is 9.15. The van der Waals surface area contributed by atoms with Gasteiger partial charge in [-0.05, 0) is 55.5 Å². The van der Waals surface area contributed by atoms with Crippen LogP contribution in [0, 0.1) is 6.92 Å². The first-order chi connectivity index (χ1) is 13.2. The Kier molecular flexibility index (Phi) is 5.18. The zero-order valence-corrected chi connectivity index (χ0v) is 16.7. The number of benzene rings is 1. The van der Waals surface area contributed by atoms with Gasteiger partial charge in [-0.3, -0.25) is 4.90 Å². The molecule has 0 saturated carbocycles. The summed E-state index contributed by atoms with van der Waals surface area (Å²) >= 11 is 1.65. The van der Waals surface area contributed by atoms with E-state index in [0.29, 0.717) is 6.04 Å². The topological polar surface area (TPSA) is 47.7 Å². The zero-order chi connectivity index (χ0) is 18.8. The summed E-state index contributed by atoms with van der Waals surface area (Å²) in [5, 5.41) is 2.04. The van der Waals surface area contributed by atoms with Crippen LogP contribution < -0.4 is 9.47 Å². The van der Waals surface area contributed by atoms with Crippen molar-refractivity contribution in [1.82, 2.24) is 9.88 Å². The van der Waals surface area contributed by atoms with E-state index in [0.717, 1.165) is 53.2 Å². The van der Waals surface area contributed by atoms with Gasteiger partial charge in [0.15, 0.2) is 11.5 Å². The molecule has 1 saturated heterocycles. The van der Waals surface area contributed by atoms with E-state index in [2.05, 4.69) is 17.0 Å². The summed E-state index contributed by atoms with van der Waals surface area (Å²) in [6.45, 7) is 3.85. The summed E-state index contributed by atoms with van der Waals surface area (Å²) < 4.78 is 16.8. The molecule has 3 heterocycles. The summed E-state index contributed by atoms with van der Waals surface area (Å²) in [5.41, 5.74) is 2.27. The second-order valence-electron chi connectivity index (χ2n) is 6.74. The molecule has 0 amide bonds. The van der Waals surface area contributed by atoms with Crippen LogP contribution >= 0.6 is 11.3 Å². The fourth-order valence-electron chi connectivity index (χ4n) is 3.73. The number of aryl methyl sites for hydroxylation is 1. The largest absolute Gasteiger partial charge is 0.493 e. The maximum Gasteiger partial charge on any atom is 0.236 e. The third kappa shape index (κ3) is 3.59. The molecule has 5 nitrogen and oxygen atoms in total. The molecule has 0 spiro atoms. The summed E-state index contributed by atoms with van der Waals surface area (Å²) in [5.74, 6) is 3.16. The molecule has 6 heteroatoms. The maximum absolute atomic E-state index is 5.91. The monoisotopic (exact) mass is 384 g/mol. The summed E-state index contributed by atoms with van der Waals surface area (Å²) in [7, 11) is 3.34. The highest BCUT2D eigenvalue weighted by Crippen LogP contribution is 2.38. The van der Waals surface area contributed by atoms with Crippen LogP contribution in [0.2, 0.25) is 0 Å². The van der Waals surface area contributed by atoms with E-state index in [-0.39, 0.29) is 0 Å². The molecule has 0 N–H and O–H groups in total. The molecule has 4 rings (SSSR count). The molecule has 0 aliphatic carbocycles. The van der Waals surface area contributed by atoms with Crippen molar-refractivity contribution in [2.75, 3.05) is 20.8 Å². The lowest BCUT2D eigenvalue weighted by atomic mass is 10.0. The predicted octanol–water partition coefficient (Wildman–Crippen LogP) is 5.07. The van der Waals surface area contributed by atoms with Gasteiger partial charge >= 0.3 is 0 Å². The Bertz CT molecular complexity index is 904. The second kappa shape index (κ2) is 7.74. The van der Waals surface area contributed by atoms with Gasteiger partial charge < -0.3 is 13.9 Å². The number of likely N-dealkylation sites (tertiary alicyclic amines) is 1. The zero-order valence-electron chi connectivity index (χ0n) is 15.9. The fraction of sp³-hybridized carbons (Fsp3) is 0.381. The summed E-state index contributed by atoms with van der Waals surface area (Å²) in [4.78, 5) is 8.31. The molecule has 3 aromatic rings. The minimum absolute atomic E-state index is 0.353. The standard InChI is InChI=1S/C21H24N2O3S/c1-14-16(22-21(26-14)20-7-5-11-27-20)13-23-10-4-6-17(23)15-8-9-18(24-2)19(12-15)25-3/h5,7-9,11-12,17H,4,6,10,13H2,1-3H3/t17-/m1/s1. The molecule has 0 radical (unpaired) electrons. The van der Waals surface area contributed by atoms with E-state index in [4.69, 9.17) is 18.9 Å². The second-order valence-corrected chi connectivity index (χ2v) is 7.69. The van der Waals surface area contributed by atoms with Crippen LogP contribution in [0.5, 0.6) is 11.5 Å². The van der Waals surface area contributed by atoms with Crippen molar-refractivity contribution in [1.29, 1.82) is 0 Å². The van der Waals surface area contributed by atoms with Crippen LogP contribution in [0.1, 0.15) is 35.9 Å². The normalized spacial score (nSPS) is 17.4. The van der Waals surface area contributed by atoms with Gasteiger partial charge in [-0.25, -0.2) is 4.98 Å². The smallest absolute Gasteiger partial charge is 0.236 e. The van der Waals surface area contributed by atoms with Crippen LogP contribution in [0.4, 0.5) is 0 Å². The number of oxazole rings is 1. The van der Waals surface area contributed by atoms with E-state index in [1.165, 1.54) is 12.0 Å². The highest BCUT2D eigenvalue weighted by Gasteiger charge is 2.28. The van der Waals surface area contributed by atoms with Crippen LogP contribution in [0.15, 0.2) is 40.1 Å². The van der Waals surface area contributed by atoms with Crippen LogP contribution in [0.25, 0.3) is 10.8 Å². The number of hydrogen-bond donors (Lipinski definition) is 0. The van der Waals surface area contributed by atoms with Crippen molar-refractivity contribution < 1.29 is 13.9 Å². The van der Waals surface area contributed by atoms with Gasteiger partial charge in [0.2, 0.25) is 5.89 Å². The number of aromatic nitrogens is 1. The van der Waals surface area contributed by atoms with Gasteiger partial charge in [0.05, 0.1) is 24.8 Å². The molecular formula is C21H24N2O3S. The van der Waals surface area contributed by atoms with Gasteiger partial charge in [-0.15, -0.1) is 11.3 Å². The third-order valence-corrected chi connectivity index (χ3v) is 5.99. The van der Waals surface area contributed by atoms with Crippen molar-refractivity contribution in [3.05, 3.63) is 52.7 Å². The molecule has 142 valence electrons. The molecule has 2 aromatic heterocycles. The summed E-state index contributed by atoms with van der Waals surface area (Å²) in [6.07, 6.45) is 2.30. The van der Waals surface area contributed by atoms with E-state index in [1.54, 1.807) is 25.6 Å². The minimum atomic E-state index is 0.353. The molecule has 1 aliphatic rings. The SMILES string of the molecule is COc1ccc([C@H]2CCCN2Cc2nc(-c3cccs3)oc2C)cc1OC. The van der Waals surface area contributed by atoms with Crippen molar-refractivity contribution >= 4 is 11.3 Å². The van der Waals surface area contributed by atoms with Gasteiger partial charge in [0.1, 0.15) is 5.76 Å². The Hall–Kier alpha value is -2.31. The molecule has 0 bridgehead atoms. The van der Waals surface area contributed by atoms with Gasteiger partial charge in [0.25, 0.3) is 0 Å². The van der Waals surface area contributed by atoms with E-state index >= 15 is 0 Å². The average molecular weight is 385 g/mol. The average Bonchev–Trinajstić information content (AvgIpc) is 3.43. The number of hydrogen-bond acceptors (Lipinski definition) is 6. The lowest BCUT2D eigenvalue weighted by Crippen LogP contribution is -2.23. The molecule has 27 heavy (non-hydrogen) atoms. The number of thiophene rings is 1. The lowest BCUT2D eigenvalue weighted by Gasteiger charge is -2.24. The molecule has 1 aromatic carbocycles. The van der Waals surface area contributed by atoms with Crippen molar-refractivity contribution in [2.45, 2.75) is 32.4 Å². The number of methoxy groups -OCH3 is 2. The van der Waals surface area contributed by atoms with Crippen molar-refractivity contribution in [3.63, 3.8) is 0 Å². The van der Waals surface area contributed by atoms with Gasteiger partial charge in [0, 0.05) is 12.6 Å². The molecular weight excluding hydrogens is 360 g/mol. The number of ether oxygens (including phenoxy) is 2. The maximum atomic E-state index is 5.91. The molecule has 1 aliphatic heterocycles. The van der Waals surface area contributed by atoms with E-state index in [9.17, 15) is 0 Å².